The van der Waals surface area contributed by atoms with E-state index in [2.05, 4.69) is 26.4 Å². The molecule has 7 heteroatoms. The van der Waals surface area contributed by atoms with Crippen LogP contribution in [0.2, 0.25) is 0 Å². The lowest BCUT2D eigenvalue weighted by molar-refractivity contribution is -0.116. The Bertz CT molecular complexity index is 827. The fourth-order valence-corrected chi connectivity index (χ4v) is 3.52. The van der Waals surface area contributed by atoms with Crippen LogP contribution in [-0.2, 0) is 17.8 Å². The number of amides is 1. The Morgan fingerprint density at radius 2 is 2.07 bits per heavy atom. The summed E-state index contributed by atoms with van der Waals surface area (Å²) in [6.45, 7) is 6.64. The van der Waals surface area contributed by atoms with Gasteiger partial charge >= 0.3 is 0 Å². The molecule has 7 nitrogen and oxygen atoms in total. The normalized spacial score (nSPS) is 13.6. The van der Waals surface area contributed by atoms with Gasteiger partial charge in [-0.25, -0.2) is 4.98 Å². The van der Waals surface area contributed by atoms with Crippen molar-refractivity contribution in [1.82, 2.24) is 14.8 Å². The highest BCUT2D eigenvalue weighted by Gasteiger charge is 2.15. The van der Waals surface area contributed by atoms with E-state index >= 15 is 0 Å². The van der Waals surface area contributed by atoms with Crippen molar-refractivity contribution in [2.45, 2.75) is 52.5 Å². The highest BCUT2D eigenvalue weighted by Crippen LogP contribution is 2.20. The SMILES string of the molecule is Cc1nn(CCC#N)c(C)c1CCC(=O)Nc1ccc(N2CCCC2)nc1. The summed E-state index contributed by atoms with van der Waals surface area (Å²) in [5.41, 5.74) is 3.77. The molecule has 1 saturated heterocycles. The highest BCUT2D eigenvalue weighted by atomic mass is 16.1. The molecule has 2 aromatic heterocycles. The molecule has 0 aliphatic carbocycles. The maximum Gasteiger partial charge on any atom is 0.224 e. The molecular formula is C20H26N6O. The fraction of sp³-hybridized carbons (Fsp3) is 0.500. The number of rotatable bonds is 7. The number of nitriles is 1. The van der Waals surface area contributed by atoms with Gasteiger partial charge in [0.1, 0.15) is 5.82 Å². The van der Waals surface area contributed by atoms with Gasteiger partial charge in [-0.05, 0) is 50.8 Å². The summed E-state index contributed by atoms with van der Waals surface area (Å²) >= 11 is 0. The van der Waals surface area contributed by atoms with Crippen LogP contribution in [0.25, 0.3) is 0 Å². The zero-order chi connectivity index (χ0) is 19.2. The van der Waals surface area contributed by atoms with Gasteiger partial charge in [0.25, 0.3) is 0 Å². The summed E-state index contributed by atoms with van der Waals surface area (Å²) in [4.78, 5) is 19.0. The molecule has 3 heterocycles. The molecule has 0 unspecified atom stereocenters. The van der Waals surface area contributed by atoms with Gasteiger partial charge in [0.15, 0.2) is 0 Å². The van der Waals surface area contributed by atoms with Crippen molar-refractivity contribution in [1.29, 1.82) is 5.26 Å². The number of nitrogens with one attached hydrogen (secondary N) is 1. The Morgan fingerprint density at radius 3 is 2.74 bits per heavy atom. The highest BCUT2D eigenvalue weighted by molar-refractivity contribution is 5.90. The molecule has 142 valence electrons. The van der Waals surface area contributed by atoms with Crippen molar-refractivity contribution < 1.29 is 4.79 Å². The van der Waals surface area contributed by atoms with Crippen LogP contribution in [0.15, 0.2) is 18.3 Å². The molecular weight excluding hydrogens is 340 g/mol. The third-order valence-electron chi connectivity index (χ3n) is 5.03. The van der Waals surface area contributed by atoms with Crippen molar-refractivity contribution in [3.05, 3.63) is 35.3 Å². The number of anilines is 2. The third-order valence-corrected chi connectivity index (χ3v) is 5.03. The van der Waals surface area contributed by atoms with E-state index in [1.807, 2.05) is 30.7 Å². The molecule has 1 N–H and O–H groups in total. The number of carbonyl (C=O) groups excluding carboxylic acids is 1. The number of nitrogens with zero attached hydrogens (tertiary/aromatic N) is 5. The van der Waals surface area contributed by atoms with Crippen LogP contribution in [0.1, 0.15) is 42.6 Å². The maximum absolute atomic E-state index is 12.3. The van der Waals surface area contributed by atoms with Crippen LogP contribution in [0.4, 0.5) is 11.5 Å². The van der Waals surface area contributed by atoms with Crippen LogP contribution in [0.3, 0.4) is 0 Å². The molecule has 1 amide bonds. The summed E-state index contributed by atoms with van der Waals surface area (Å²) in [7, 11) is 0. The zero-order valence-corrected chi connectivity index (χ0v) is 16.0. The Hall–Kier alpha value is -2.88. The fourth-order valence-electron chi connectivity index (χ4n) is 3.52. The second kappa shape index (κ2) is 8.67. The van der Waals surface area contributed by atoms with Crippen molar-refractivity contribution >= 4 is 17.4 Å². The molecule has 27 heavy (non-hydrogen) atoms. The van der Waals surface area contributed by atoms with Crippen LogP contribution < -0.4 is 10.2 Å². The predicted octanol–water partition coefficient (Wildman–Crippen LogP) is 2.98. The van der Waals surface area contributed by atoms with E-state index in [1.54, 1.807) is 6.20 Å². The first kappa shape index (κ1) is 18.9. The standard InChI is InChI=1S/C20H26N6O/c1-15-18(16(2)26(24-15)13-5-10-21)7-9-20(27)23-17-6-8-19(22-14-17)25-11-3-4-12-25/h6,8,14H,3-5,7,9,11-13H2,1-2H3,(H,23,27). The topological polar surface area (TPSA) is 86.8 Å². The van der Waals surface area contributed by atoms with Crippen molar-refractivity contribution in [3.63, 3.8) is 0 Å². The van der Waals surface area contributed by atoms with E-state index in [9.17, 15) is 4.79 Å². The molecule has 0 spiro atoms. The average Bonchev–Trinajstić information content (AvgIpc) is 3.28. The Labute approximate surface area is 160 Å². The van der Waals surface area contributed by atoms with Crippen LogP contribution in [-0.4, -0.2) is 33.8 Å². The molecule has 1 fully saturated rings. The van der Waals surface area contributed by atoms with E-state index in [1.165, 1.54) is 12.8 Å². The van der Waals surface area contributed by atoms with Gasteiger partial charge in [-0.3, -0.25) is 9.48 Å². The largest absolute Gasteiger partial charge is 0.357 e. The molecule has 0 aromatic carbocycles. The molecule has 0 radical (unpaired) electrons. The van der Waals surface area contributed by atoms with Crippen LogP contribution >= 0.6 is 0 Å². The van der Waals surface area contributed by atoms with Crippen LogP contribution in [0, 0.1) is 25.2 Å². The number of hydrogen-bond acceptors (Lipinski definition) is 5. The third kappa shape index (κ3) is 4.64. The minimum absolute atomic E-state index is 0.0331. The van der Waals surface area contributed by atoms with Gasteiger partial charge in [0.05, 0.1) is 36.6 Å². The van der Waals surface area contributed by atoms with Gasteiger partial charge in [-0.15, -0.1) is 0 Å². The molecule has 0 bridgehead atoms. The lowest BCUT2D eigenvalue weighted by atomic mass is 10.1. The lowest BCUT2D eigenvalue weighted by Gasteiger charge is -2.16. The second-order valence-electron chi connectivity index (χ2n) is 6.93. The average molecular weight is 366 g/mol. The minimum atomic E-state index is -0.0331. The monoisotopic (exact) mass is 366 g/mol. The van der Waals surface area contributed by atoms with E-state index in [4.69, 9.17) is 5.26 Å². The van der Waals surface area contributed by atoms with E-state index in [0.29, 0.717) is 25.8 Å². The lowest BCUT2D eigenvalue weighted by Crippen LogP contribution is -2.19. The summed E-state index contributed by atoms with van der Waals surface area (Å²) in [5.74, 6) is 0.941. The molecule has 0 atom stereocenters. The molecule has 0 saturated carbocycles. The molecule has 3 rings (SSSR count). The first-order valence-electron chi connectivity index (χ1n) is 9.49. The smallest absolute Gasteiger partial charge is 0.224 e. The first-order chi connectivity index (χ1) is 13.1. The van der Waals surface area contributed by atoms with Crippen molar-refractivity contribution in [2.24, 2.45) is 0 Å². The number of aryl methyl sites for hydroxylation is 2. The van der Waals surface area contributed by atoms with Gasteiger partial charge in [0.2, 0.25) is 5.91 Å². The van der Waals surface area contributed by atoms with E-state index in [0.717, 1.165) is 41.5 Å². The number of aromatic nitrogens is 3. The summed E-state index contributed by atoms with van der Waals surface area (Å²) < 4.78 is 1.85. The van der Waals surface area contributed by atoms with Gasteiger partial charge in [-0.1, -0.05) is 0 Å². The first-order valence-corrected chi connectivity index (χ1v) is 9.49. The van der Waals surface area contributed by atoms with Crippen LogP contribution in [0.5, 0.6) is 0 Å². The molecule has 2 aromatic rings. The van der Waals surface area contributed by atoms with Gasteiger partial charge in [0, 0.05) is 25.2 Å². The van der Waals surface area contributed by atoms with Gasteiger partial charge < -0.3 is 10.2 Å². The Balaban J connectivity index is 1.54. The van der Waals surface area contributed by atoms with E-state index < -0.39 is 0 Å². The Kier molecular flexibility index (Phi) is 6.07. The molecule has 1 aliphatic heterocycles. The zero-order valence-electron chi connectivity index (χ0n) is 16.0. The summed E-state index contributed by atoms with van der Waals surface area (Å²) in [5, 5.41) is 16.1. The Morgan fingerprint density at radius 1 is 1.30 bits per heavy atom. The van der Waals surface area contributed by atoms with E-state index in [-0.39, 0.29) is 5.91 Å². The van der Waals surface area contributed by atoms with Gasteiger partial charge in [-0.2, -0.15) is 10.4 Å². The summed E-state index contributed by atoms with van der Waals surface area (Å²) in [6.07, 6.45) is 5.61. The molecule has 1 aliphatic rings. The summed E-state index contributed by atoms with van der Waals surface area (Å²) in [6, 6.07) is 6.02. The quantitative estimate of drug-likeness (QED) is 0.814. The number of carbonyl (C=O) groups is 1. The predicted molar refractivity (Wildman–Crippen MR) is 105 cm³/mol. The number of hydrogen-bond donors (Lipinski definition) is 1. The maximum atomic E-state index is 12.3. The minimum Gasteiger partial charge on any atom is -0.357 e. The second-order valence-corrected chi connectivity index (χ2v) is 6.93. The van der Waals surface area contributed by atoms with Crippen molar-refractivity contribution in [2.75, 3.05) is 23.3 Å². The van der Waals surface area contributed by atoms with Crippen molar-refractivity contribution in [3.8, 4) is 6.07 Å². The number of pyridine rings is 1.